The minimum atomic E-state index is -0.382. The van der Waals surface area contributed by atoms with E-state index in [1.807, 2.05) is 20.8 Å². The summed E-state index contributed by atoms with van der Waals surface area (Å²) in [5, 5.41) is 2.67. The highest BCUT2D eigenvalue weighted by molar-refractivity contribution is 8.00. The van der Waals surface area contributed by atoms with Crippen LogP contribution in [0.4, 0.5) is 0 Å². The molecule has 0 aromatic carbocycles. The van der Waals surface area contributed by atoms with E-state index < -0.39 is 0 Å². The summed E-state index contributed by atoms with van der Waals surface area (Å²) in [6.07, 6.45) is 0.472. The molecule has 0 radical (unpaired) electrons. The van der Waals surface area contributed by atoms with Crippen LogP contribution >= 0.6 is 11.8 Å². The molecule has 100 valence electrons. The smallest absolute Gasteiger partial charge is 0.221 e. The lowest BCUT2D eigenvalue weighted by molar-refractivity contribution is -0.128. The summed E-state index contributed by atoms with van der Waals surface area (Å²) in [7, 11) is 0. The van der Waals surface area contributed by atoms with Gasteiger partial charge in [0.2, 0.25) is 5.91 Å². The summed E-state index contributed by atoms with van der Waals surface area (Å²) in [5.74, 6) is 0.813. The number of amides is 1. The number of hydrogen-bond acceptors (Lipinski definition) is 3. The summed E-state index contributed by atoms with van der Waals surface area (Å²) >= 11 is 1.76. The number of thioether (sulfide) groups is 1. The van der Waals surface area contributed by atoms with Gasteiger partial charge in [0.1, 0.15) is 0 Å². The number of rotatable bonds is 5. The zero-order valence-electron chi connectivity index (χ0n) is 11.8. The van der Waals surface area contributed by atoms with E-state index in [0.29, 0.717) is 6.42 Å². The van der Waals surface area contributed by atoms with Crippen molar-refractivity contribution in [3.05, 3.63) is 0 Å². The van der Waals surface area contributed by atoms with E-state index in [1.165, 1.54) is 0 Å². The second-order valence-electron chi connectivity index (χ2n) is 6.16. The Morgan fingerprint density at radius 3 is 2.00 bits per heavy atom. The molecule has 0 aliphatic heterocycles. The SMILES string of the molecule is CC(C)(C)SCCC(=O)NCC(=O)C(C)(C)C. The van der Waals surface area contributed by atoms with Crippen LogP contribution in [0.25, 0.3) is 0 Å². The van der Waals surface area contributed by atoms with Crippen molar-refractivity contribution in [2.45, 2.75) is 52.7 Å². The fraction of sp³-hybridized carbons (Fsp3) is 0.846. The van der Waals surface area contributed by atoms with Crippen LogP contribution in [-0.2, 0) is 9.59 Å². The monoisotopic (exact) mass is 259 g/mol. The zero-order chi connectivity index (χ0) is 13.7. The van der Waals surface area contributed by atoms with E-state index in [1.54, 1.807) is 11.8 Å². The van der Waals surface area contributed by atoms with E-state index >= 15 is 0 Å². The Kier molecular flexibility index (Phi) is 6.24. The maximum absolute atomic E-state index is 11.6. The lowest BCUT2D eigenvalue weighted by Crippen LogP contribution is -2.35. The van der Waals surface area contributed by atoms with Gasteiger partial charge in [-0.1, -0.05) is 41.5 Å². The van der Waals surface area contributed by atoms with Crippen molar-refractivity contribution >= 4 is 23.5 Å². The molecular formula is C13H25NO2S. The second-order valence-corrected chi connectivity index (χ2v) is 8.08. The van der Waals surface area contributed by atoms with Crippen molar-refractivity contribution < 1.29 is 9.59 Å². The molecule has 1 N–H and O–H groups in total. The molecule has 17 heavy (non-hydrogen) atoms. The quantitative estimate of drug-likeness (QED) is 0.825. The van der Waals surface area contributed by atoms with Gasteiger partial charge in [0.25, 0.3) is 0 Å². The molecule has 4 heteroatoms. The number of carbonyl (C=O) groups is 2. The van der Waals surface area contributed by atoms with Crippen LogP contribution in [0.5, 0.6) is 0 Å². The predicted octanol–water partition coefficient (Wildman–Crippen LogP) is 2.64. The van der Waals surface area contributed by atoms with Crippen molar-refractivity contribution in [3.63, 3.8) is 0 Å². The molecule has 0 aliphatic rings. The van der Waals surface area contributed by atoms with E-state index in [-0.39, 0.29) is 28.4 Å². The molecule has 0 unspecified atom stereocenters. The van der Waals surface area contributed by atoms with E-state index in [9.17, 15) is 9.59 Å². The molecule has 0 atom stereocenters. The van der Waals surface area contributed by atoms with Gasteiger partial charge in [0, 0.05) is 22.3 Å². The summed E-state index contributed by atoms with van der Waals surface area (Å²) in [5.41, 5.74) is -0.382. The minimum absolute atomic E-state index is 0.0423. The molecular weight excluding hydrogens is 234 g/mol. The maximum atomic E-state index is 11.6. The topological polar surface area (TPSA) is 46.2 Å². The maximum Gasteiger partial charge on any atom is 0.221 e. The average molecular weight is 259 g/mol. The van der Waals surface area contributed by atoms with Crippen molar-refractivity contribution in [1.82, 2.24) is 5.32 Å². The minimum Gasteiger partial charge on any atom is -0.349 e. The van der Waals surface area contributed by atoms with Gasteiger partial charge in [-0.25, -0.2) is 0 Å². The summed E-state index contributed by atoms with van der Waals surface area (Å²) < 4.78 is 0.182. The highest BCUT2D eigenvalue weighted by Crippen LogP contribution is 2.23. The summed E-state index contributed by atoms with van der Waals surface area (Å²) in [6.45, 7) is 12.1. The van der Waals surface area contributed by atoms with Gasteiger partial charge in [-0.05, 0) is 0 Å². The van der Waals surface area contributed by atoms with Crippen LogP contribution in [0.2, 0.25) is 0 Å². The van der Waals surface area contributed by atoms with Gasteiger partial charge in [0.15, 0.2) is 5.78 Å². The molecule has 0 saturated heterocycles. The van der Waals surface area contributed by atoms with Gasteiger partial charge >= 0.3 is 0 Å². The standard InChI is InChI=1S/C13H25NO2S/c1-12(2,3)10(15)9-14-11(16)7-8-17-13(4,5)6/h7-9H2,1-6H3,(H,14,16). The Balaban J connectivity index is 3.79. The molecule has 1 amide bonds. The number of ketones is 1. The summed E-state index contributed by atoms with van der Waals surface area (Å²) in [6, 6.07) is 0. The van der Waals surface area contributed by atoms with Crippen LogP contribution in [0, 0.1) is 5.41 Å². The average Bonchev–Trinajstić information content (AvgIpc) is 2.10. The largest absolute Gasteiger partial charge is 0.349 e. The van der Waals surface area contributed by atoms with Crippen molar-refractivity contribution in [3.8, 4) is 0 Å². The van der Waals surface area contributed by atoms with Crippen molar-refractivity contribution in [1.29, 1.82) is 0 Å². The lowest BCUT2D eigenvalue weighted by Gasteiger charge is -2.18. The first-order valence-corrected chi connectivity index (χ1v) is 6.95. The van der Waals surface area contributed by atoms with Crippen LogP contribution in [0.3, 0.4) is 0 Å². The Hall–Kier alpha value is -0.510. The van der Waals surface area contributed by atoms with Crippen LogP contribution in [-0.4, -0.2) is 28.7 Å². The van der Waals surface area contributed by atoms with Crippen LogP contribution in [0.15, 0.2) is 0 Å². The Morgan fingerprint density at radius 1 is 1.06 bits per heavy atom. The van der Waals surface area contributed by atoms with Crippen molar-refractivity contribution in [2.24, 2.45) is 5.41 Å². The molecule has 0 aliphatic carbocycles. The third-order valence-electron chi connectivity index (χ3n) is 2.15. The molecule has 0 heterocycles. The first kappa shape index (κ1) is 16.5. The fourth-order valence-corrected chi connectivity index (χ4v) is 1.88. The number of nitrogens with one attached hydrogen (secondary N) is 1. The molecule has 0 rings (SSSR count). The number of hydrogen-bond donors (Lipinski definition) is 1. The molecule has 3 nitrogen and oxygen atoms in total. The lowest BCUT2D eigenvalue weighted by atomic mass is 9.91. The van der Waals surface area contributed by atoms with Gasteiger partial charge in [-0.2, -0.15) is 11.8 Å². The van der Waals surface area contributed by atoms with E-state index in [4.69, 9.17) is 0 Å². The van der Waals surface area contributed by atoms with Crippen LogP contribution < -0.4 is 5.32 Å². The van der Waals surface area contributed by atoms with Gasteiger partial charge in [0.05, 0.1) is 6.54 Å². The third-order valence-corrected chi connectivity index (χ3v) is 3.42. The van der Waals surface area contributed by atoms with Gasteiger partial charge in [-0.15, -0.1) is 0 Å². The predicted molar refractivity (Wildman–Crippen MR) is 74.3 cm³/mol. The van der Waals surface area contributed by atoms with E-state index in [2.05, 4.69) is 26.1 Å². The molecule has 0 aromatic heterocycles. The Bertz CT molecular complexity index is 274. The molecule has 0 fully saturated rings. The van der Waals surface area contributed by atoms with Gasteiger partial charge < -0.3 is 5.32 Å². The Morgan fingerprint density at radius 2 is 1.59 bits per heavy atom. The highest BCUT2D eigenvalue weighted by Gasteiger charge is 2.21. The highest BCUT2D eigenvalue weighted by atomic mass is 32.2. The van der Waals surface area contributed by atoms with Crippen LogP contribution in [0.1, 0.15) is 48.0 Å². The normalized spacial score (nSPS) is 12.4. The summed E-state index contributed by atoms with van der Waals surface area (Å²) in [4.78, 5) is 23.1. The molecule has 0 bridgehead atoms. The Labute approximate surface area is 109 Å². The first-order valence-electron chi connectivity index (χ1n) is 5.96. The van der Waals surface area contributed by atoms with Gasteiger partial charge in [-0.3, -0.25) is 9.59 Å². The van der Waals surface area contributed by atoms with Crippen molar-refractivity contribution in [2.75, 3.05) is 12.3 Å². The first-order chi connectivity index (χ1) is 7.52. The van der Waals surface area contributed by atoms with E-state index in [0.717, 1.165) is 5.75 Å². The third kappa shape index (κ3) is 9.22. The molecule has 0 spiro atoms. The zero-order valence-corrected chi connectivity index (χ0v) is 12.7. The fourth-order valence-electron chi connectivity index (χ4n) is 0.982. The molecule has 0 aromatic rings. The number of carbonyl (C=O) groups excluding carboxylic acids is 2. The second kappa shape index (κ2) is 6.43. The number of Topliss-reactive ketones (excluding diaryl/α,β-unsaturated/α-hetero) is 1. The molecule has 0 saturated carbocycles.